The summed E-state index contributed by atoms with van der Waals surface area (Å²) < 4.78 is 16.2. The Balaban J connectivity index is 1.99. The van der Waals surface area contributed by atoms with Crippen molar-refractivity contribution in [3.63, 3.8) is 0 Å². The summed E-state index contributed by atoms with van der Waals surface area (Å²) in [6.45, 7) is 4.55. The van der Waals surface area contributed by atoms with Gasteiger partial charge in [0.1, 0.15) is 11.4 Å². The Labute approximate surface area is 127 Å². The maximum absolute atomic E-state index is 12.1. The summed E-state index contributed by atoms with van der Waals surface area (Å²) in [5.41, 5.74) is 0.861. The molecule has 7 nitrogen and oxygen atoms in total. The summed E-state index contributed by atoms with van der Waals surface area (Å²) in [5, 5.41) is 2.56. The lowest BCUT2D eigenvalue weighted by Crippen LogP contribution is -2.30. The van der Waals surface area contributed by atoms with Crippen molar-refractivity contribution in [2.24, 2.45) is 0 Å². The highest BCUT2D eigenvalue weighted by molar-refractivity contribution is 6.14. The van der Waals surface area contributed by atoms with Crippen molar-refractivity contribution in [2.45, 2.75) is 13.8 Å². The fourth-order valence-corrected chi connectivity index (χ4v) is 2.35. The lowest BCUT2D eigenvalue weighted by molar-refractivity contribution is -0.122. The molecule has 116 valence electrons. The highest BCUT2D eigenvalue weighted by Gasteiger charge is 2.32. The molecule has 0 saturated carbocycles. The van der Waals surface area contributed by atoms with E-state index in [1.807, 2.05) is 6.92 Å². The van der Waals surface area contributed by atoms with E-state index in [1.165, 1.54) is 0 Å². The third-order valence-electron chi connectivity index (χ3n) is 3.38. The molecule has 2 aliphatic heterocycles. The molecule has 1 saturated heterocycles. The standard InChI is InChI=1S/C15H16N2O5/c1-3-17-14(18)10(16-15(17)19)5-9-6-12-13(22-8-21-12)7-11(9)20-4-2/h5-7H,3-4,8H2,1-2H3,(H,16,19)/b10-5+. The molecule has 1 aromatic rings. The minimum absolute atomic E-state index is 0.153. The molecule has 3 rings (SSSR count). The third kappa shape index (κ3) is 2.34. The molecule has 2 aliphatic rings. The van der Waals surface area contributed by atoms with Gasteiger partial charge in [0, 0.05) is 18.2 Å². The Morgan fingerprint density at radius 2 is 2.00 bits per heavy atom. The summed E-state index contributed by atoms with van der Waals surface area (Å²) in [6.07, 6.45) is 1.59. The number of carbonyl (C=O) groups is 2. The predicted octanol–water partition coefficient (Wildman–Crippen LogP) is 1.73. The summed E-state index contributed by atoms with van der Waals surface area (Å²) in [4.78, 5) is 25.0. The van der Waals surface area contributed by atoms with Gasteiger partial charge in [0.25, 0.3) is 5.91 Å². The monoisotopic (exact) mass is 304 g/mol. The van der Waals surface area contributed by atoms with Crippen LogP contribution in [0.5, 0.6) is 17.2 Å². The van der Waals surface area contributed by atoms with Gasteiger partial charge in [0.15, 0.2) is 11.5 Å². The van der Waals surface area contributed by atoms with Crippen molar-refractivity contribution in [2.75, 3.05) is 19.9 Å². The average Bonchev–Trinajstić information content (AvgIpc) is 3.04. The zero-order chi connectivity index (χ0) is 15.7. The minimum atomic E-state index is -0.419. The number of urea groups is 1. The number of benzene rings is 1. The van der Waals surface area contributed by atoms with Gasteiger partial charge in [-0.05, 0) is 26.0 Å². The van der Waals surface area contributed by atoms with Crippen LogP contribution in [0.15, 0.2) is 17.8 Å². The maximum atomic E-state index is 12.1. The molecule has 7 heteroatoms. The van der Waals surface area contributed by atoms with E-state index in [1.54, 1.807) is 25.1 Å². The van der Waals surface area contributed by atoms with Crippen LogP contribution in [0.2, 0.25) is 0 Å². The number of fused-ring (bicyclic) bond motifs is 1. The quantitative estimate of drug-likeness (QED) is 0.677. The number of hydrogen-bond donors (Lipinski definition) is 1. The lowest BCUT2D eigenvalue weighted by Gasteiger charge is -2.09. The molecule has 1 N–H and O–H groups in total. The average molecular weight is 304 g/mol. The number of rotatable bonds is 4. The van der Waals surface area contributed by atoms with E-state index < -0.39 is 6.03 Å². The van der Waals surface area contributed by atoms with Crippen molar-refractivity contribution < 1.29 is 23.8 Å². The van der Waals surface area contributed by atoms with Gasteiger partial charge in [-0.3, -0.25) is 9.69 Å². The van der Waals surface area contributed by atoms with Gasteiger partial charge < -0.3 is 19.5 Å². The van der Waals surface area contributed by atoms with Crippen LogP contribution in [0.1, 0.15) is 19.4 Å². The SMILES string of the molecule is CCOc1cc2c(cc1/C=C1/NC(=O)N(CC)C1=O)OCO2. The molecule has 0 aromatic heterocycles. The molecule has 1 aromatic carbocycles. The summed E-state index contributed by atoms with van der Waals surface area (Å²) >= 11 is 0. The zero-order valence-electron chi connectivity index (χ0n) is 12.3. The molecule has 0 unspecified atom stereocenters. The van der Waals surface area contributed by atoms with E-state index in [2.05, 4.69) is 5.32 Å². The number of nitrogens with zero attached hydrogens (tertiary/aromatic N) is 1. The molecule has 22 heavy (non-hydrogen) atoms. The van der Waals surface area contributed by atoms with Crippen molar-refractivity contribution in [3.8, 4) is 17.2 Å². The molecule has 0 spiro atoms. The maximum Gasteiger partial charge on any atom is 0.328 e. The van der Waals surface area contributed by atoms with Gasteiger partial charge in [-0.2, -0.15) is 0 Å². The normalized spacial score (nSPS) is 18.1. The van der Waals surface area contributed by atoms with Crippen LogP contribution >= 0.6 is 0 Å². The Hall–Kier alpha value is -2.70. The van der Waals surface area contributed by atoms with Crippen LogP contribution in [-0.2, 0) is 4.79 Å². The van der Waals surface area contributed by atoms with Crippen LogP contribution < -0.4 is 19.5 Å². The Bertz CT molecular complexity index is 668. The number of likely N-dealkylation sites (N-methyl/N-ethyl adjacent to an activating group) is 1. The van der Waals surface area contributed by atoms with Gasteiger partial charge in [0.2, 0.25) is 6.79 Å². The molecule has 1 fully saturated rings. The molecular formula is C15H16N2O5. The number of hydrogen-bond acceptors (Lipinski definition) is 5. The van der Waals surface area contributed by atoms with Crippen molar-refractivity contribution in [1.82, 2.24) is 10.2 Å². The third-order valence-corrected chi connectivity index (χ3v) is 3.38. The van der Waals surface area contributed by atoms with E-state index in [4.69, 9.17) is 14.2 Å². The molecular weight excluding hydrogens is 288 g/mol. The van der Waals surface area contributed by atoms with E-state index in [0.717, 1.165) is 4.90 Å². The van der Waals surface area contributed by atoms with Gasteiger partial charge in [0.05, 0.1) is 6.61 Å². The summed E-state index contributed by atoms with van der Waals surface area (Å²) in [7, 11) is 0. The molecule has 2 heterocycles. The largest absolute Gasteiger partial charge is 0.493 e. The second-order valence-corrected chi connectivity index (χ2v) is 4.71. The smallest absolute Gasteiger partial charge is 0.328 e. The molecule has 0 atom stereocenters. The second kappa shape index (κ2) is 5.59. The zero-order valence-corrected chi connectivity index (χ0v) is 12.3. The van der Waals surface area contributed by atoms with Crippen molar-refractivity contribution in [3.05, 3.63) is 23.4 Å². The van der Waals surface area contributed by atoms with E-state index in [9.17, 15) is 9.59 Å². The molecule has 3 amide bonds. The van der Waals surface area contributed by atoms with E-state index in [0.29, 0.717) is 36.0 Å². The highest BCUT2D eigenvalue weighted by Crippen LogP contribution is 2.39. The first-order valence-electron chi connectivity index (χ1n) is 7.05. The molecule has 0 aliphatic carbocycles. The first-order chi connectivity index (χ1) is 10.6. The van der Waals surface area contributed by atoms with Crippen LogP contribution in [-0.4, -0.2) is 36.8 Å². The Morgan fingerprint density at radius 1 is 1.27 bits per heavy atom. The van der Waals surface area contributed by atoms with Crippen LogP contribution in [0.4, 0.5) is 4.79 Å². The van der Waals surface area contributed by atoms with Crippen LogP contribution in [0, 0.1) is 0 Å². The van der Waals surface area contributed by atoms with Crippen LogP contribution in [0.25, 0.3) is 6.08 Å². The molecule has 0 radical (unpaired) electrons. The van der Waals surface area contributed by atoms with Crippen molar-refractivity contribution in [1.29, 1.82) is 0 Å². The van der Waals surface area contributed by atoms with Gasteiger partial charge in [-0.25, -0.2) is 4.79 Å². The first kappa shape index (κ1) is 14.2. The second-order valence-electron chi connectivity index (χ2n) is 4.71. The van der Waals surface area contributed by atoms with E-state index >= 15 is 0 Å². The highest BCUT2D eigenvalue weighted by atomic mass is 16.7. The number of ether oxygens (including phenoxy) is 3. The molecule has 0 bridgehead atoms. The lowest BCUT2D eigenvalue weighted by atomic mass is 10.1. The van der Waals surface area contributed by atoms with Gasteiger partial charge in [-0.15, -0.1) is 0 Å². The number of amides is 3. The van der Waals surface area contributed by atoms with Crippen LogP contribution in [0.3, 0.4) is 0 Å². The Morgan fingerprint density at radius 3 is 2.64 bits per heavy atom. The number of nitrogens with one attached hydrogen (secondary N) is 1. The van der Waals surface area contributed by atoms with Crippen molar-refractivity contribution >= 4 is 18.0 Å². The minimum Gasteiger partial charge on any atom is -0.493 e. The van der Waals surface area contributed by atoms with Gasteiger partial charge >= 0.3 is 6.03 Å². The fourth-order valence-electron chi connectivity index (χ4n) is 2.35. The fraction of sp³-hybridized carbons (Fsp3) is 0.333. The first-order valence-corrected chi connectivity index (χ1v) is 7.05. The number of carbonyl (C=O) groups excluding carboxylic acids is 2. The van der Waals surface area contributed by atoms with Gasteiger partial charge in [-0.1, -0.05) is 0 Å². The Kier molecular flexibility index (Phi) is 3.62. The topological polar surface area (TPSA) is 77.1 Å². The summed E-state index contributed by atoms with van der Waals surface area (Å²) in [5.74, 6) is 1.39. The summed E-state index contributed by atoms with van der Waals surface area (Å²) in [6, 6.07) is 3.03. The predicted molar refractivity (Wildman–Crippen MR) is 77.6 cm³/mol. The van der Waals surface area contributed by atoms with E-state index in [-0.39, 0.29) is 18.4 Å². The number of imide groups is 1.